The number of rotatable bonds is 11. The van der Waals surface area contributed by atoms with Gasteiger partial charge in [0, 0.05) is 17.8 Å². The van der Waals surface area contributed by atoms with Crippen molar-refractivity contribution in [2.45, 2.75) is 69.9 Å². The molecule has 3 fully saturated rings. The van der Waals surface area contributed by atoms with Gasteiger partial charge >= 0.3 is 0 Å². The molecule has 3 aromatic rings. The lowest BCUT2D eigenvalue weighted by molar-refractivity contribution is -0.124. The largest absolute Gasteiger partial charge is 0.484 e. The van der Waals surface area contributed by atoms with E-state index in [1.165, 1.54) is 23.2 Å². The van der Waals surface area contributed by atoms with Crippen molar-refractivity contribution in [2.75, 3.05) is 22.7 Å². The van der Waals surface area contributed by atoms with Crippen molar-refractivity contribution in [3.05, 3.63) is 51.6 Å². The fourth-order valence-corrected chi connectivity index (χ4v) is 7.20. The standard InChI is InChI=1S/C30H34N8O3S3/c39-25(31-20-6-2-1-3-7-20)17-41-23-12-10-22(11-13-23)33-28-34-27(32-21-8-4-5-9-21)35-29(36-28)37-38-26(40)24(44-30(38)42)16-19-14-15-43-18-19/h10-16,18,20-21H,1-9,17H2,(H,31,39)(H3,32,33,34,35,36,37)/b24-16-. The number of carbonyl (C=O) groups is 2. The Morgan fingerprint density at radius 1 is 0.955 bits per heavy atom. The number of amides is 2. The SMILES string of the molecule is O=C(COc1ccc(Nc2nc(NC3CCCC3)nc(NN3C(=O)/C(=C/c4ccsc4)SC3=S)n2)cc1)NC1CCCCC1. The van der Waals surface area contributed by atoms with Gasteiger partial charge in [0.2, 0.25) is 17.8 Å². The highest BCUT2D eigenvalue weighted by molar-refractivity contribution is 8.26. The molecule has 0 spiro atoms. The van der Waals surface area contributed by atoms with Crippen molar-refractivity contribution in [1.82, 2.24) is 25.3 Å². The van der Waals surface area contributed by atoms with E-state index in [1.54, 1.807) is 23.5 Å². The van der Waals surface area contributed by atoms with Gasteiger partial charge in [-0.3, -0.25) is 15.0 Å². The third-order valence-corrected chi connectivity index (χ3v) is 9.62. The summed E-state index contributed by atoms with van der Waals surface area (Å²) < 4.78 is 6.07. The Hall–Kier alpha value is -3.75. The minimum absolute atomic E-state index is 0.0263. The predicted octanol–water partition coefficient (Wildman–Crippen LogP) is 6.09. The van der Waals surface area contributed by atoms with Gasteiger partial charge in [0.1, 0.15) is 5.75 Å². The van der Waals surface area contributed by atoms with Gasteiger partial charge in [-0.1, -0.05) is 43.9 Å². The second-order valence-corrected chi connectivity index (χ2v) is 13.4. The van der Waals surface area contributed by atoms with Crippen molar-refractivity contribution in [2.24, 2.45) is 0 Å². The normalized spacial score (nSPS) is 18.5. The van der Waals surface area contributed by atoms with Gasteiger partial charge in [-0.2, -0.15) is 31.3 Å². The highest BCUT2D eigenvalue weighted by Crippen LogP contribution is 2.33. The van der Waals surface area contributed by atoms with E-state index in [0.717, 1.165) is 62.6 Å². The van der Waals surface area contributed by atoms with E-state index in [0.29, 0.717) is 26.9 Å². The Bertz CT molecular complexity index is 1500. The molecule has 6 rings (SSSR count). The second kappa shape index (κ2) is 14.4. The van der Waals surface area contributed by atoms with Gasteiger partial charge in [0.25, 0.3) is 11.8 Å². The van der Waals surface area contributed by atoms with E-state index in [4.69, 9.17) is 17.0 Å². The van der Waals surface area contributed by atoms with Crippen LogP contribution in [0.1, 0.15) is 63.4 Å². The fourth-order valence-electron chi connectivity index (χ4n) is 5.40. The Morgan fingerprint density at radius 2 is 1.66 bits per heavy atom. The Balaban J connectivity index is 1.12. The number of thioether (sulfide) groups is 1. The van der Waals surface area contributed by atoms with Gasteiger partial charge in [-0.05, 0) is 90.6 Å². The van der Waals surface area contributed by atoms with Crippen molar-refractivity contribution in [3.8, 4) is 5.75 Å². The molecule has 3 aliphatic rings. The third-order valence-electron chi connectivity index (χ3n) is 7.62. The number of benzene rings is 1. The molecular weight excluding hydrogens is 617 g/mol. The van der Waals surface area contributed by atoms with E-state index in [1.807, 2.05) is 35.0 Å². The number of thiophene rings is 1. The van der Waals surface area contributed by atoms with E-state index < -0.39 is 0 Å². The van der Waals surface area contributed by atoms with Crippen LogP contribution in [-0.2, 0) is 9.59 Å². The molecule has 2 aromatic heterocycles. The molecule has 2 saturated carbocycles. The van der Waals surface area contributed by atoms with Crippen LogP contribution in [0.25, 0.3) is 6.08 Å². The predicted molar refractivity (Wildman–Crippen MR) is 179 cm³/mol. The lowest BCUT2D eigenvalue weighted by atomic mass is 9.95. The summed E-state index contributed by atoms with van der Waals surface area (Å²) >= 11 is 8.28. The summed E-state index contributed by atoms with van der Waals surface area (Å²) in [7, 11) is 0. The maximum atomic E-state index is 13.2. The number of ether oxygens (including phenoxy) is 1. The number of thiocarbonyl (C=S) groups is 1. The molecule has 1 aromatic carbocycles. The molecular formula is C30H34N8O3S3. The molecule has 2 amide bonds. The first kappa shape index (κ1) is 30.3. The number of nitrogens with one attached hydrogen (secondary N) is 4. The van der Waals surface area contributed by atoms with E-state index in [2.05, 4.69) is 36.3 Å². The first-order chi connectivity index (χ1) is 21.5. The molecule has 1 saturated heterocycles. The van der Waals surface area contributed by atoms with Crippen LogP contribution in [-0.4, -0.2) is 54.8 Å². The molecule has 44 heavy (non-hydrogen) atoms. The summed E-state index contributed by atoms with van der Waals surface area (Å²) in [6, 6.07) is 9.70. The summed E-state index contributed by atoms with van der Waals surface area (Å²) in [6.45, 7) is -0.0263. The van der Waals surface area contributed by atoms with Crippen molar-refractivity contribution in [3.63, 3.8) is 0 Å². The summed E-state index contributed by atoms with van der Waals surface area (Å²) in [5.41, 5.74) is 4.66. The van der Waals surface area contributed by atoms with Gasteiger partial charge in [-0.25, -0.2) is 0 Å². The summed E-state index contributed by atoms with van der Waals surface area (Å²) in [5.74, 6) is 1.09. The molecule has 0 unspecified atom stereocenters. The lowest BCUT2D eigenvalue weighted by Gasteiger charge is -2.22. The minimum atomic E-state index is -0.269. The lowest BCUT2D eigenvalue weighted by Crippen LogP contribution is -2.38. The van der Waals surface area contributed by atoms with Gasteiger partial charge in [-0.15, -0.1) is 0 Å². The molecule has 0 atom stereocenters. The zero-order chi connectivity index (χ0) is 30.3. The average molecular weight is 651 g/mol. The van der Waals surface area contributed by atoms with E-state index >= 15 is 0 Å². The number of aromatic nitrogens is 3. The molecule has 230 valence electrons. The number of hydrogen-bond donors (Lipinski definition) is 4. The topological polar surface area (TPSA) is 133 Å². The molecule has 14 heteroatoms. The van der Waals surface area contributed by atoms with Crippen molar-refractivity contribution in [1.29, 1.82) is 0 Å². The van der Waals surface area contributed by atoms with Gasteiger partial charge in [0.15, 0.2) is 10.9 Å². The summed E-state index contributed by atoms with van der Waals surface area (Å²) in [5, 5.41) is 14.9. The van der Waals surface area contributed by atoms with E-state index in [-0.39, 0.29) is 36.5 Å². The van der Waals surface area contributed by atoms with Crippen LogP contribution in [0.5, 0.6) is 5.75 Å². The number of hydrazine groups is 1. The fraction of sp³-hybridized carbons (Fsp3) is 0.400. The maximum absolute atomic E-state index is 13.2. The van der Waals surface area contributed by atoms with Gasteiger partial charge < -0.3 is 20.7 Å². The molecule has 2 aliphatic carbocycles. The van der Waals surface area contributed by atoms with Gasteiger partial charge in [0.05, 0.1) is 4.91 Å². The van der Waals surface area contributed by atoms with Crippen molar-refractivity contribution < 1.29 is 14.3 Å². The highest BCUT2D eigenvalue weighted by atomic mass is 32.2. The second-order valence-electron chi connectivity index (χ2n) is 11.0. The molecule has 4 N–H and O–H groups in total. The molecule has 11 nitrogen and oxygen atoms in total. The number of carbonyl (C=O) groups excluding carboxylic acids is 2. The smallest absolute Gasteiger partial charge is 0.285 e. The Kier molecular flexibility index (Phi) is 9.88. The van der Waals surface area contributed by atoms with Crippen LogP contribution < -0.4 is 26.1 Å². The van der Waals surface area contributed by atoms with Crippen LogP contribution in [0, 0.1) is 0 Å². The molecule has 1 aliphatic heterocycles. The summed E-state index contributed by atoms with van der Waals surface area (Å²) in [6.07, 6.45) is 11.8. The number of anilines is 4. The monoisotopic (exact) mass is 650 g/mol. The average Bonchev–Trinajstić information content (AvgIpc) is 3.78. The minimum Gasteiger partial charge on any atom is -0.484 e. The Morgan fingerprint density at radius 3 is 2.41 bits per heavy atom. The highest BCUT2D eigenvalue weighted by Gasteiger charge is 2.33. The zero-order valence-electron chi connectivity index (χ0n) is 24.1. The van der Waals surface area contributed by atoms with Crippen LogP contribution >= 0.6 is 35.3 Å². The molecule has 0 bridgehead atoms. The number of nitrogens with zero attached hydrogens (tertiary/aromatic N) is 4. The molecule has 0 radical (unpaired) electrons. The first-order valence-electron chi connectivity index (χ1n) is 14.9. The summed E-state index contributed by atoms with van der Waals surface area (Å²) in [4.78, 5) is 39.7. The third kappa shape index (κ3) is 8.04. The van der Waals surface area contributed by atoms with Crippen LogP contribution in [0.3, 0.4) is 0 Å². The number of hydrogen-bond acceptors (Lipinski definition) is 12. The Labute approximate surface area is 269 Å². The molecule has 3 heterocycles. The van der Waals surface area contributed by atoms with Crippen molar-refractivity contribution >= 4 is 81.1 Å². The maximum Gasteiger partial charge on any atom is 0.285 e. The van der Waals surface area contributed by atoms with E-state index in [9.17, 15) is 9.59 Å². The zero-order valence-corrected chi connectivity index (χ0v) is 26.5. The first-order valence-corrected chi connectivity index (χ1v) is 17.0. The quantitative estimate of drug-likeness (QED) is 0.142. The van der Waals surface area contributed by atoms with Crippen LogP contribution in [0.15, 0.2) is 46.0 Å². The van der Waals surface area contributed by atoms with Crippen LogP contribution in [0.4, 0.5) is 23.5 Å². The van der Waals surface area contributed by atoms with Crippen LogP contribution in [0.2, 0.25) is 0 Å².